The van der Waals surface area contributed by atoms with E-state index in [4.69, 9.17) is 4.42 Å². The Kier molecular flexibility index (Phi) is 6.31. The fourth-order valence-corrected chi connectivity index (χ4v) is 4.42. The first-order chi connectivity index (χ1) is 14.2. The lowest BCUT2D eigenvalue weighted by Gasteiger charge is -2.14. The number of nitrogens with zero attached hydrogens (tertiary/aromatic N) is 3. The summed E-state index contributed by atoms with van der Waals surface area (Å²) in [4.78, 5) is 14.0. The van der Waals surface area contributed by atoms with Crippen molar-refractivity contribution in [2.75, 3.05) is 18.8 Å². The number of hydrogen-bond acceptors (Lipinski definition) is 5. The second-order valence-electron chi connectivity index (χ2n) is 7.30. The van der Waals surface area contributed by atoms with E-state index in [-0.39, 0.29) is 17.7 Å². The summed E-state index contributed by atoms with van der Waals surface area (Å²) in [6.07, 6.45) is 4.15. The van der Waals surface area contributed by atoms with Crippen LogP contribution in [0, 0.1) is 0 Å². The fourth-order valence-electron chi connectivity index (χ4n) is 3.64. The van der Waals surface area contributed by atoms with Gasteiger partial charge in [-0.25, -0.2) is 0 Å². The summed E-state index contributed by atoms with van der Waals surface area (Å²) in [6.45, 7) is 5.11. The van der Waals surface area contributed by atoms with Crippen LogP contribution in [0.1, 0.15) is 37.4 Å². The van der Waals surface area contributed by atoms with E-state index in [9.17, 15) is 4.79 Å². The average molecular weight is 413 g/mol. The van der Waals surface area contributed by atoms with Crippen LogP contribution in [0.25, 0.3) is 5.69 Å². The van der Waals surface area contributed by atoms with Crippen LogP contribution in [0.15, 0.2) is 58.3 Å². The van der Waals surface area contributed by atoms with Crippen molar-refractivity contribution in [3.05, 3.63) is 60.3 Å². The number of aromatic nitrogens is 3. The number of furan rings is 1. The molecule has 1 atom stereocenters. The van der Waals surface area contributed by atoms with E-state index in [1.807, 2.05) is 37.3 Å². The number of hydrogen-bond donors (Lipinski definition) is 2. The summed E-state index contributed by atoms with van der Waals surface area (Å²) >= 11 is 1.41. The number of likely N-dealkylation sites (tertiary alicyclic amines) is 1. The summed E-state index contributed by atoms with van der Waals surface area (Å²) < 4.78 is 7.43. The van der Waals surface area contributed by atoms with Crippen molar-refractivity contribution in [1.29, 1.82) is 0 Å². The Bertz CT molecular complexity index is 920. The number of para-hydroxylation sites is 1. The van der Waals surface area contributed by atoms with Crippen molar-refractivity contribution >= 4 is 17.7 Å². The molecule has 3 aromatic rings. The van der Waals surface area contributed by atoms with E-state index in [0.29, 0.717) is 0 Å². The van der Waals surface area contributed by atoms with Crippen molar-refractivity contribution < 1.29 is 14.1 Å². The van der Waals surface area contributed by atoms with Crippen LogP contribution in [-0.2, 0) is 11.3 Å². The third-order valence-corrected chi connectivity index (χ3v) is 6.04. The molecule has 4 rings (SSSR count). The lowest BCUT2D eigenvalue weighted by Crippen LogP contribution is -3.08. The van der Waals surface area contributed by atoms with E-state index in [0.717, 1.165) is 29.0 Å². The summed E-state index contributed by atoms with van der Waals surface area (Å²) in [5.41, 5.74) is 1.03. The Morgan fingerprint density at radius 3 is 2.72 bits per heavy atom. The lowest BCUT2D eigenvalue weighted by molar-refractivity contribution is -0.902. The monoisotopic (exact) mass is 412 g/mol. The first kappa shape index (κ1) is 19.7. The predicted octanol–water partition coefficient (Wildman–Crippen LogP) is 2.01. The molecule has 2 aromatic heterocycles. The second kappa shape index (κ2) is 9.28. The average Bonchev–Trinajstić information content (AvgIpc) is 3.50. The molecular formula is C21H26N5O2S+. The highest BCUT2D eigenvalue weighted by Crippen LogP contribution is 2.22. The van der Waals surface area contributed by atoms with E-state index in [1.54, 1.807) is 6.26 Å². The molecule has 29 heavy (non-hydrogen) atoms. The van der Waals surface area contributed by atoms with Gasteiger partial charge in [0, 0.05) is 18.5 Å². The smallest absolute Gasteiger partial charge is 0.231 e. The summed E-state index contributed by atoms with van der Waals surface area (Å²) in [5, 5.41) is 12.6. The highest BCUT2D eigenvalue weighted by Gasteiger charge is 2.22. The highest BCUT2D eigenvalue weighted by atomic mass is 32.2. The standard InChI is InChI=1S/C21H25N5O2S/c1-16(18-10-7-13-28-18)22-20(27)15-29-21-24-23-19(14-25-11-5-6-12-25)26(21)17-8-3-2-4-9-17/h2-4,7-10,13,16H,5-6,11-12,14-15H2,1H3,(H,22,27)/p+1. The van der Waals surface area contributed by atoms with Crippen molar-refractivity contribution in [2.24, 2.45) is 0 Å². The number of benzene rings is 1. The van der Waals surface area contributed by atoms with E-state index < -0.39 is 0 Å². The van der Waals surface area contributed by atoms with Gasteiger partial charge in [-0.15, -0.1) is 10.2 Å². The quantitative estimate of drug-likeness (QED) is 0.554. The van der Waals surface area contributed by atoms with Crippen LogP contribution in [0.4, 0.5) is 0 Å². The minimum atomic E-state index is -0.167. The maximum absolute atomic E-state index is 12.4. The van der Waals surface area contributed by atoms with Gasteiger partial charge in [0.1, 0.15) is 12.3 Å². The van der Waals surface area contributed by atoms with Crippen LogP contribution in [-0.4, -0.2) is 39.5 Å². The Morgan fingerprint density at radius 1 is 1.21 bits per heavy atom. The van der Waals surface area contributed by atoms with Gasteiger partial charge in [0.15, 0.2) is 11.0 Å². The van der Waals surface area contributed by atoms with Crippen LogP contribution < -0.4 is 10.2 Å². The summed E-state index contributed by atoms with van der Waals surface area (Å²) in [6, 6.07) is 13.6. The summed E-state index contributed by atoms with van der Waals surface area (Å²) in [5.74, 6) is 1.90. The zero-order valence-electron chi connectivity index (χ0n) is 16.5. The maximum atomic E-state index is 12.4. The third-order valence-electron chi connectivity index (χ3n) is 5.11. The molecule has 152 valence electrons. The van der Waals surface area contributed by atoms with Gasteiger partial charge >= 0.3 is 0 Å². The molecule has 1 aliphatic rings. The van der Waals surface area contributed by atoms with Gasteiger partial charge in [0.25, 0.3) is 0 Å². The molecule has 1 aliphatic heterocycles. The normalized spacial score (nSPS) is 15.5. The highest BCUT2D eigenvalue weighted by molar-refractivity contribution is 7.99. The second-order valence-corrected chi connectivity index (χ2v) is 8.24. The van der Waals surface area contributed by atoms with Crippen LogP contribution in [0.3, 0.4) is 0 Å². The van der Waals surface area contributed by atoms with Gasteiger partial charge in [0.05, 0.1) is 31.1 Å². The van der Waals surface area contributed by atoms with Gasteiger partial charge in [-0.3, -0.25) is 9.36 Å². The van der Waals surface area contributed by atoms with E-state index >= 15 is 0 Å². The van der Waals surface area contributed by atoms with Gasteiger partial charge in [0.2, 0.25) is 5.91 Å². The number of quaternary nitrogens is 1. The molecular weight excluding hydrogens is 386 g/mol. The molecule has 1 saturated heterocycles. The first-order valence-electron chi connectivity index (χ1n) is 9.99. The van der Waals surface area contributed by atoms with Gasteiger partial charge in [-0.2, -0.15) is 0 Å². The van der Waals surface area contributed by atoms with E-state index in [1.165, 1.54) is 42.6 Å². The number of thioether (sulfide) groups is 1. The molecule has 8 heteroatoms. The Hall–Kier alpha value is -2.58. The molecule has 0 saturated carbocycles. The molecule has 1 fully saturated rings. The number of amides is 1. The van der Waals surface area contributed by atoms with Crippen LogP contribution >= 0.6 is 11.8 Å². The SMILES string of the molecule is CC(NC(=O)CSc1nnc(C[NH+]2CCCC2)n1-c1ccccc1)c1ccco1. The lowest BCUT2D eigenvalue weighted by atomic mass is 10.2. The van der Waals surface area contributed by atoms with Gasteiger partial charge in [-0.1, -0.05) is 30.0 Å². The zero-order valence-corrected chi connectivity index (χ0v) is 17.3. The third kappa shape index (κ3) is 4.89. The number of carbonyl (C=O) groups excluding carboxylic acids is 1. The molecule has 7 nitrogen and oxygen atoms in total. The molecule has 1 unspecified atom stereocenters. The van der Waals surface area contributed by atoms with Crippen molar-refractivity contribution in [3.63, 3.8) is 0 Å². The predicted molar refractivity (Wildman–Crippen MR) is 111 cm³/mol. The topological polar surface area (TPSA) is 77.4 Å². The first-order valence-corrected chi connectivity index (χ1v) is 11.0. The summed E-state index contributed by atoms with van der Waals surface area (Å²) in [7, 11) is 0. The van der Waals surface area contributed by atoms with E-state index in [2.05, 4.69) is 32.2 Å². The molecule has 3 heterocycles. The molecule has 2 N–H and O–H groups in total. The maximum Gasteiger partial charge on any atom is 0.231 e. The van der Waals surface area contributed by atoms with Crippen molar-refractivity contribution in [2.45, 2.75) is 37.5 Å². The minimum Gasteiger partial charge on any atom is -0.467 e. The minimum absolute atomic E-state index is 0.0618. The molecule has 1 amide bonds. The largest absolute Gasteiger partial charge is 0.467 e. The van der Waals surface area contributed by atoms with Gasteiger partial charge in [-0.05, 0) is 31.2 Å². The Labute approximate surface area is 174 Å². The Balaban J connectivity index is 1.46. The van der Waals surface area contributed by atoms with Crippen LogP contribution in [0.5, 0.6) is 0 Å². The Morgan fingerprint density at radius 2 is 2.00 bits per heavy atom. The molecule has 0 spiro atoms. The number of carbonyl (C=O) groups is 1. The van der Waals surface area contributed by atoms with Crippen LogP contribution in [0.2, 0.25) is 0 Å². The number of rotatable bonds is 8. The molecule has 1 aromatic carbocycles. The van der Waals surface area contributed by atoms with Crippen molar-refractivity contribution in [3.8, 4) is 5.69 Å². The molecule has 0 radical (unpaired) electrons. The van der Waals surface area contributed by atoms with Crippen molar-refractivity contribution in [1.82, 2.24) is 20.1 Å². The zero-order chi connectivity index (χ0) is 20.1. The molecule has 0 aliphatic carbocycles. The van der Waals surface area contributed by atoms with Gasteiger partial charge < -0.3 is 14.6 Å². The number of nitrogens with one attached hydrogen (secondary N) is 2. The fraction of sp³-hybridized carbons (Fsp3) is 0.381. The molecule has 0 bridgehead atoms.